The molecule has 0 amide bonds. The van der Waals surface area contributed by atoms with Gasteiger partial charge in [0.25, 0.3) is 0 Å². The third kappa shape index (κ3) is 4.75. The molecule has 1 rings (SSSR count). The number of allylic oxidation sites excluding steroid dienone is 1. The lowest BCUT2D eigenvalue weighted by Crippen LogP contribution is -2.24. The zero-order valence-corrected chi connectivity index (χ0v) is 12.2. The summed E-state index contributed by atoms with van der Waals surface area (Å²) in [5, 5.41) is 0. The Morgan fingerprint density at radius 1 is 1.21 bits per heavy atom. The van der Waals surface area contributed by atoms with Gasteiger partial charge < -0.3 is 4.74 Å². The maximum absolute atomic E-state index is 11.4. The summed E-state index contributed by atoms with van der Waals surface area (Å²) in [4.78, 5) is 11.4. The standard InChI is InChI=1S/C13H17NO4S/c1-10(2)9-13(15)18-12-7-5-11(6-8-12)14(3)19(4,16)17/h5-9H,1-4H3. The molecule has 1 aromatic carbocycles. The zero-order chi connectivity index (χ0) is 14.6. The number of benzene rings is 1. The van der Waals surface area contributed by atoms with Gasteiger partial charge in [0.05, 0.1) is 11.9 Å². The van der Waals surface area contributed by atoms with Crippen LogP contribution < -0.4 is 9.04 Å². The molecule has 0 saturated heterocycles. The van der Waals surface area contributed by atoms with Gasteiger partial charge in [-0.2, -0.15) is 0 Å². The molecule has 0 aromatic heterocycles. The lowest BCUT2D eigenvalue weighted by Gasteiger charge is -2.16. The minimum atomic E-state index is -3.29. The summed E-state index contributed by atoms with van der Waals surface area (Å²) in [6.45, 7) is 3.59. The van der Waals surface area contributed by atoms with Crippen molar-refractivity contribution in [2.24, 2.45) is 0 Å². The fourth-order valence-electron chi connectivity index (χ4n) is 1.30. The maximum Gasteiger partial charge on any atom is 0.336 e. The average Bonchev–Trinajstić information content (AvgIpc) is 2.26. The Morgan fingerprint density at radius 2 is 1.74 bits per heavy atom. The number of hydrogen-bond acceptors (Lipinski definition) is 4. The van der Waals surface area contributed by atoms with Gasteiger partial charge >= 0.3 is 5.97 Å². The van der Waals surface area contributed by atoms with Crippen LogP contribution in [0, 0.1) is 0 Å². The van der Waals surface area contributed by atoms with E-state index in [2.05, 4.69) is 0 Å². The van der Waals surface area contributed by atoms with E-state index in [9.17, 15) is 13.2 Å². The molecule has 0 fully saturated rings. The maximum atomic E-state index is 11.4. The highest BCUT2D eigenvalue weighted by Crippen LogP contribution is 2.20. The van der Waals surface area contributed by atoms with Gasteiger partial charge in [-0.25, -0.2) is 13.2 Å². The molecule has 19 heavy (non-hydrogen) atoms. The molecule has 0 atom stereocenters. The van der Waals surface area contributed by atoms with Crippen LogP contribution in [0.25, 0.3) is 0 Å². The number of ether oxygens (including phenoxy) is 1. The van der Waals surface area contributed by atoms with Crippen LogP contribution in [-0.2, 0) is 14.8 Å². The number of carbonyl (C=O) groups is 1. The lowest BCUT2D eigenvalue weighted by molar-refractivity contribution is -0.129. The number of anilines is 1. The molecule has 0 radical (unpaired) electrons. The van der Waals surface area contributed by atoms with E-state index in [1.165, 1.54) is 13.1 Å². The number of nitrogens with zero attached hydrogens (tertiary/aromatic N) is 1. The van der Waals surface area contributed by atoms with Crippen molar-refractivity contribution in [2.45, 2.75) is 13.8 Å². The molecular weight excluding hydrogens is 266 g/mol. The fourth-order valence-corrected chi connectivity index (χ4v) is 1.80. The molecule has 0 aliphatic rings. The van der Waals surface area contributed by atoms with Crippen LogP contribution in [0.4, 0.5) is 5.69 Å². The third-order valence-electron chi connectivity index (χ3n) is 2.32. The molecule has 5 nitrogen and oxygen atoms in total. The summed E-state index contributed by atoms with van der Waals surface area (Å²) in [7, 11) is -1.83. The van der Waals surface area contributed by atoms with Gasteiger partial charge in [0.1, 0.15) is 5.75 Å². The molecule has 0 heterocycles. The Labute approximate surface area is 113 Å². The minimum absolute atomic E-state index is 0.369. The number of hydrogen-bond donors (Lipinski definition) is 0. The molecule has 0 N–H and O–H groups in total. The second kappa shape index (κ2) is 5.88. The predicted molar refractivity (Wildman–Crippen MR) is 74.8 cm³/mol. The van der Waals surface area contributed by atoms with Crippen molar-refractivity contribution < 1.29 is 17.9 Å². The van der Waals surface area contributed by atoms with Crippen LogP contribution in [0.15, 0.2) is 35.9 Å². The number of esters is 1. The Kier molecular flexibility index (Phi) is 4.72. The normalized spacial score (nSPS) is 10.7. The van der Waals surface area contributed by atoms with Gasteiger partial charge in [-0.3, -0.25) is 4.31 Å². The van der Waals surface area contributed by atoms with Crippen LogP contribution in [0.5, 0.6) is 5.75 Å². The SMILES string of the molecule is CC(C)=CC(=O)Oc1ccc(N(C)S(C)(=O)=O)cc1. The molecule has 0 unspecified atom stereocenters. The van der Waals surface area contributed by atoms with Gasteiger partial charge in [-0.1, -0.05) is 5.57 Å². The largest absolute Gasteiger partial charge is 0.423 e. The lowest BCUT2D eigenvalue weighted by atomic mass is 10.3. The molecule has 1 aromatic rings. The number of carbonyl (C=O) groups excluding carboxylic acids is 1. The Balaban J connectivity index is 2.83. The highest BCUT2D eigenvalue weighted by atomic mass is 32.2. The molecule has 6 heteroatoms. The fraction of sp³-hybridized carbons (Fsp3) is 0.308. The van der Waals surface area contributed by atoms with Crippen molar-refractivity contribution in [3.8, 4) is 5.75 Å². The van der Waals surface area contributed by atoms with Crippen molar-refractivity contribution >= 4 is 21.7 Å². The summed E-state index contributed by atoms with van der Waals surface area (Å²) in [6, 6.07) is 6.25. The summed E-state index contributed by atoms with van der Waals surface area (Å²) < 4.78 is 28.9. The van der Waals surface area contributed by atoms with Crippen molar-refractivity contribution in [1.82, 2.24) is 0 Å². The second-order valence-electron chi connectivity index (χ2n) is 4.37. The number of rotatable bonds is 4. The summed E-state index contributed by atoms with van der Waals surface area (Å²) in [5.41, 5.74) is 1.35. The van der Waals surface area contributed by atoms with E-state index < -0.39 is 16.0 Å². The summed E-state index contributed by atoms with van der Waals surface area (Å²) in [6.07, 6.45) is 2.51. The van der Waals surface area contributed by atoms with Crippen molar-refractivity contribution in [2.75, 3.05) is 17.6 Å². The molecular formula is C13H17NO4S. The number of sulfonamides is 1. The second-order valence-corrected chi connectivity index (χ2v) is 6.38. The monoisotopic (exact) mass is 283 g/mol. The van der Waals surface area contributed by atoms with Gasteiger partial charge in [0.15, 0.2) is 0 Å². The van der Waals surface area contributed by atoms with Gasteiger partial charge in [-0.15, -0.1) is 0 Å². The summed E-state index contributed by atoms with van der Waals surface area (Å²) in [5.74, 6) is -0.0858. The van der Waals surface area contributed by atoms with E-state index in [4.69, 9.17) is 4.74 Å². The first kappa shape index (κ1) is 15.2. The average molecular weight is 283 g/mol. The van der Waals surface area contributed by atoms with Crippen LogP contribution in [0.3, 0.4) is 0 Å². The van der Waals surface area contributed by atoms with Gasteiger partial charge in [0.2, 0.25) is 10.0 Å². The van der Waals surface area contributed by atoms with Crippen molar-refractivity contribution in [3.63, 3.8) is 0 Å². The highest BCUT2D eigenvalue weighted by Gasteiger charge is 2.11. The first-order valence-electron chi connectivity index (χ1n) is 5.61. The molecule has 0 spiro atoms. The van der Waals surface area contributed by atoms with Crippen molar-refractivity contribution in [3.05, 3.63) is 35.9 Å². The molecule has 0 aliphatic carbocycles. The van der Waals surface area contributed by atoms with Gasteiger partial charge in [0, 0.05) is 13.1 Å². The minimum Gasteiger partial charge on any atom is -0.423 e. The van der Waals surface area contributed by atoms with E-state index in [0.717, 1.165) is 16.1 Å². The smallest absolute Gasteiger partial charge is 0.336 e. The molecule has 0 bridgehead atoms. The Morgan fingerprint density at radius 3 is 2.16 bits per heavy atom. The van der Waals surface area contributed by atoms with E-state index in [0.29, 0.717) is 11.4 Å². The first-order chi connectivity index (χ1) is 8.70. The van der Waals surface area contributed by atoms with Crippen LogP contribution in [-0.4, -0.2) is 27.7 Å². The zero-order valence-electron chi connectivity index (χ0n) is 11.4. The molecule has 0 saturated carbocycles. The van der Waals surface area contributed by atoms with Crippen LogP contribution in [0.2, 0.25) is 0 Å². The Bertz CT molecular complexity index is 584. The molecule has 104 valence electrons. The van der Waals surface area contributed by atoms with E-state index in [1.807, 2.05) is 0 Å². The van der Waals surface area contributed by atoms with E-state index >= 15 is 0 Å². The van der Waals surface area contributed by atoms with Crippen molar-refractivity contribution in [1.29, 1.82) is 0 Å². The molecule has 0 aliphatic heterocycles. The van der Waals surface area contributed by atoms with E-state index in [-0.39, 0.29) is 0 Å². The predicted octanol–water partition coefficient (Wildman–Crippen LogP) is 1.95. The summed E-state index contributed by atoms with van der Waals surface area (Å²) >= 11 is 0. The third-order valence-corrected chi connectivity index (χ3v) is 3.53. The van der Waals surface area contributed by atoms with Crippen LogP contribution >= 0.6 is 0 Å². The highest BCUT2D eigenvalue weighted by molar-refractivity contribution is 7.92. The topological polar surface area (TPSA) is 63.7 Å². The van der Waals surface area contributed by atoms with Gasteiger partial charge in [-0.05, 0) is 38.1 Å². The Hall–Kier alpha value is -1.82. The van der Waals surface area contributed by atoms with Crippen LogP contribution in [0.1, 0.15) is 13.8 Å². The quantitative estimate of drug-likeness (QED) is 0.481. The van der Waals surface area contributed by atoms with E-state index in [1.54, 1.807) is 38.1 Å². The first-order valence-corrected chi connectivity index (χ1v) is 7.45.